The molecule has 0 saturated carbocycles. The van der Waals surface area contributed by atoms with Crippen LogP contribution in [-0.2, 0) is 0 Å². The van der Waals surface area contributed by atoms with Crippen LogP contribution in [0.5, 0.6) is 0 Å². The molecule has 1 aromatic carbocycles. The summed E-state index contributed by atoms with van der Waals surface area (Å²) in [7, 11) is 0. The van der Waals surface area contributed by atoms with E-state index in [0.717, 1.165) is 13.0 Å². The number of rotatable bonds is 5. The first-order valence-corrected chi connectivity index (χ1v) is 6.36. The fourth-order valence-corrected chi connectivity index (χ4v) is 1.64. The molecular weight excluding hydrogens is 267 g/mol. The van der Waals surface area contributed by atoms with Crippen molar-refractivity contribution in [1.82, 2.24) is 9.97 Å². The van der Waals surface area contributed by atoms with Crippen molar-refractivity contribution in [2.75, 3.05) is 17.2 Å². The van der Waals surface area contributed by atoms with Crippen molar-refractivity contribution in [1.29, 1.82) is 0 Å². The zero-order valence-electron chi connectivity index (χ0n) is 10.5. The number of halogens is 2. The number of benzene rings is 1. The summed E-state index contributed by atoms with van der Waals surface area (Å²) in [6.07, 6.45) is 2.59. The molecule has 100 valence electrons. The van der Waals surface area contributed by atoms with Gasteiger partial charge in [0.05, 0.1) is 5.69 Å². The van der Waals surface area contributed by atoms with Gasteiger partial charge in [-0.2, -0.15) is 4.98 Å². The van der Waals surface area contributed by atoms with Crippen LogP contribution in [0.2, 0.25) is 5.02 Å². The van der Waals surface area contributed by atoms with Gasteiger partial charge in [-0.25, -0.2) is 9.37 Å². The summed E-state index contributed by atoms with van der Waals surface area (Å²) < 4.78 is 13.6. The first-order valence-electron chi connectivity index (χ1n) is 5.98. The van der Waals surface area contributed by atoms with Gasteiger partial charge in [0.15, 0.2) is 0 Å². The second-order valence-electron chi connectivity index (χ2n) is 3.94. The first-order chi connectivity index (χ1) is 9.19. The van der Waals surface area contributed by atoms with Gasteiger partial charge >= 0.3 is 0 Å². The maximum Gasteiger partial charge on any atom is 0.224 e. The number of aromatic nitrogens is 2. The molecule has 0 amide bonds. The molecule has 0 aliphatic carbocycles. The van der Waals surface area contributed by atoms with Crippen LogP contribution in [-0.4, -0.2) is 16.5 Å². The van der Waals surface area contributed by atoms with Gasteiger partial charge in [0.2, 0.25) is 5.95 Å². The van der Waals surface area contributed by atoms with Crippen molar-refractivity contribution in [2.24, 2.45) is 0 Å². The van der Waals surface area contributed by atoms with Gasteiger partial charge in [0, 0.05) is 17.8 Å². The maximum absolute atomic E-state index is 13.6. The van der Waals surface area contributed by atoms with Gasteiger partial charge in [-0.3, -0.25) is 0 Å². The molecule has 0 unspecified atom stereocenters. The van der Waals surface area contributed by atoms with Gasteiger partial charge in [0.1, 0.15) is 11.6 Å². The molecule has 1 aromatic heterocycles. The van der Waals surface area contributed by atoms with E-state index in [1.54, 1.807) is 24.4 Å². The van der Waals surface area contributed by atoms with Gasteiger partial charge < -0.3 is 10.6 Å². The summed E-state index contributed by atoms with van der Waals surface area (Å²) in [5.41, 5.74) is 0.324. The van der Waals surface area contributed by atoms with Crippen molar-refractivity contribution in [2.45, 2.75) is 13.3 Å². The number of nitrogens with zero attached hydrogens (tertiary/aromatic N) is 2. The number of anilines is 3. The van der Waals surface area contributed by atoms with E-state index in [1.807, 2.05) is 0 Å². The molecule has 0 atom stereocenters. The molecule has 19 heavy (non-hydrogen) atoms. The fraction of sp³-hybridized carbons (Fsp3) is 0.231. The number of hydrogen-bond donors (Lipinski definition) is 2. The van der Waals surface area contributed by atoms with E-state index in [2.05, 4.69) is 27.5 Å². The molecule has 0 fully saturated rings. The molecule has 6 heteroatoms. The fourth-order valence-electron chi connectivity index (χ4n) is 1.48. The summed E-state index contributed by atoms with van der Waals surface area (Å²) >= 11 is 5.70. The Bertz CT molecular complexity index is 562. The summed E-state index contributed by atoms with van der Waals surface area (Å²) in [6, 6.07) is 6.11. The second-order valence-corrected chi connectivity index (χ2v) is 4.38. The minimum absolute atomic E-state index is 0.324. The number of hydrogen-bond acceptors (Lipinski definition) is 4. The van der Waals surface area contributed by atoms with Gasteiger partial charge in [0.25, 0.3) is 0 Å². The zero-order chi connectivity index (χ0) is 13.7. The number of nitrogens with one attached hydrogen (secondary N) is 2. The Kier molecular flexibility index (Phi) is 4.52. The van der Waals surface area contributed by atoms with Crippen molar-refractivity contribution in [3.05, 3.63) is 41.3 Å². The summed E-state index contributed by atoms with van der Waals surface area (Å²) in [4.78, 5) is 8.31. The average molecular weight is 281 g/mol. The van der Waals surface area contributed by atoms with E-state index in [0.29, 0.717) is 22.5 Å². The Balaban J connectivity index is 2.14. The lowest BCUT2D eigenvalue weighted by Gasteiger charge is -2.08. The second kappa shape index (κ2) is 6.33. The summed E-state index contributed by atoms with van der Waals surface area (Å²) in [5, 5.41) is 6.32. The molecule has 2 N–H and O–H groups in total. The Morgan fingerprint density at radius 3 is 2.89 bits per heavy atom. The summed E-state index contributed by atoms with van der Waals surface area (Å²) in [6.45, 7) is 2.84. The van der Waals surface area contributed by atoms with E-state index in [4.69, 9.17) is 11.6 Å². The molecule has 0 radical (unpaired) electrons. The molecule has 0 spiro atoms. The standard InChI is InChI=1S/C13H14ClFN4/c1-2-6-16-13-17-7-5-12(19-13)18-11-4-3-9(14)8-10(11)15/h3-5,7-8H,2,6H2,1H3,(H2,16,17,18,19). The molecule has 2 rings (SSSR count). The quantitative estimate of drug-likeness (QED) is 0.874. The van der Waals surface area contributed by atoms with Crippen molar-refractivity contribution < 1.29 is 4.39 Å². The SMILES string of the molecule is CCCNc1nccc(Nc2ccc(Cl)cc2F)n1. The highest BCUT2D eigenvalue weighted by molar-refractivity contribution is 6.30. The molecule has 0 aliphatic rings. The molecular formula is C13H14ClFN4. The molecule has 0 saturated heterocycles. The van der Waals surface area contributed by atoms with Crippen LogP contribution in [0.1, 0.15) is 13.3 Å². The normalized spacial score (nSPS) is 10.3. The van der Waals surface area contributed by atoms with Crippen LogP contribution < -0.4 is 10.6 Å². The van der Waals surface area contributed by atoms with Crippen molar-refractivity contribution in [3.8, 4) is 0 Å². The minimum atomic E-state index is -0.422. The van der Waals surface area contributed by atoms with E-state index in [-0.39, 0.29) is 0 Å². The molecule has 0 bridgehead atoms. The van der Waals surface area contributed by atoms with E-state index < -0.39 is 5.82 Å². The third-order valence-corrected chi connectivity index (χ3v) is 2.62. The highest BCUT2D eigenvalue weighted by Crippen LogP contribution is 2.22. The Hall–Kier alpha value is -1.88. The van der Waals surface area contributed by atoms with Crippen LogP contribution in [0.4, 0.5) is 21.8 Å². The van der Waals surface area contributed by atoms with Crippen LogP contribution in [0.3, 0.4) is 0 Å². The van der Waals surface area contributed by atoms with E-state index in [9.17, 15) is 4.39 Å². The summed E-state index contributed by atoms with van der Waals surface area (Å²) in [5.74, 6) is 0.616. The smallest absolute Gasteiger partial charge is 0.224 e. The van der Waals surface area contributed by atoms with Crippen molar-refractivity contribution in [3.63, 3.8) is 0 Å². The maximum atomic E-state index is 13.6. The van der Waals surface area contributed by atoms with Crippen molar-refractivity contribution >= 4 is 29.1 Å². The first kappa shape index (κ1) is 13.5. The van der Waals surface area contributed by atoms with Gasteiger partial charge in [-0.05, 0) is 30.7 Å². The zero-order valence-corrected chi connectivity index (χ0v) is 11.2. The molecule has 0 aliphatic heterocycles. The van der Waals surface area contributed by atoms with E-state index >= 15 is 0 Å². The highest BCUT2D eigenvalue weighted by atomic mass is 35.5. The van der Waals surface area contributed by atoms with Gasteiger partial charge in [-0.15, -0.1) is 0 Å². The minimum Gasteiger partial charge on any atom is -0.354 e. The largest absolute Gasteiger partial charge is 0.354 e. The monoisotopic (exact) mass is 280 g/mol. The lowest BCUT2D eigenvalue weighted by Crippen LogP contribution is -2.05. The third kappa shape index (κ3) is 3.79. The highest BCUT2D eigenvalue weighted by Gasteiger charge is 2.05. The van der Waals surface area contributed by atoms with Gasteiger partial charge in [-0.1, -0.05) is 18.5 Å². The predicted octanol–water partition coefficient (Wildman–Crippen LogP) is 3.83. The van der Waals surface area contributed by atoms with E-state index in [1.165, 1.54) is 6.07 Å². The lowest BCUT2D eigenvalue weighted by molar-refractivity contribution is 0.632. The Morgan fingerprint density at radius 2 is 2.16 bits per heavy atom. The van der Waals surface area contributed by atoms with Crippen LogP contribution in [0, 0.1) is 5.82 Å². The Labute approximate surface area is 116 Å². The molecule has 1 heterocycles. The van der Waals surface area contributed by atoms with Crippen LogP contribution >= 0.6 is 11.6 Å². The van der Waals surface area contributed by atoms with Crippen LogP contribution in [0.25, 0.3) is 0 Å². The Morgan fingerprint density at radius 1 is 1.32 bits per heavy atom. The lowest BCUT2D eigenvalue weighted by atomic mass is 10.3. The molecule has 4 nitrogen and oxygen atoms in total. The molecule has 2 aromatic rings. The third-order valence-electron chi connectivity index (χ3n) is 2.38. The van der Waals surface area contributed by atoms with Crippen LogP contribution in [0.15, 0.2) is 30.5 Å². The topological polar surface area (TPSA) is 49.8 Å². The average Bonchev–Trinajstić information content (AvgIpc) is 2.40. The predicted molar refractivity (Wildman–Crippen MR) is 75.5 cm³/mol.